The molecule has 1 fully saturated rings. The van der Waals surface area contributed by atoms with Crippen LogP contribution in [0.3, 0.4) is 0 Å². The fourth-order valence-corrected chi connectivity index (χ4v) is 1.93. The van der Waals surface area contributed by atoms with Crippen LogP contribution in [0.4, 0.5) is 0 Å². The lowest BCUT2D eigenvalue weighted by Gasteiger charge is -2.33. The molecular formula is C8H18N2O3S. The molecular weight excluding hydrogens is 204 g/mol. The van der Waals surface area contributed by atoms with E-state index in [1.54, 1.807) is 0 Å². The zero-order valence-electron chi connectivity index (χ0n) is 8.69. The van der Waals surface area contributed by atoms with E-state index >= 15 is 0 Å². The van der Waals surface area contributed by atoms with E-state index in [9.17, 15) is 8.42 Å². The lowest BCUT2D eigenvalue weighted by molar-refractivity contribution is 0.000993. The van der Waals surface area contributed by atoms with Crippen LogP contribution in [0.25, 0.3) is 0 Å². The highest BCUT2D eigenvalue weighted by Crippen LogP contribution is 2.04. The Balaban J connectivity index is 2.23. The molecule has 1 rings (SSSR count). The standard InChI is InChI=1S/C8H18N2O3S/c1-8-7-13-6-5-10(8)4-3-9-14(2,11)12/h8-9H,3-7H2,1-2H3/t8-/m0/s1. The summed E-state index contributed by atoms with van der Waals surface area (Å²) in [5, 5.41) is 0. The molecule has 1 atom stereocenters. The Hall–Kier alpha value is -0.170. The molecule has 0 saturated carbocycles. The van der Waals surface area contributed by atoms with Crippen LogP contribution in [0.1, 0.15) is 6.92 Å². The highest BCUT2D eigenvalue weighted by atomic mass is 32.2. The molecule has 6 heteroatoms. The zero-order valence-corrected chi connectivity index (χ0v) is 9.51. The van der Waals surface area contributed by atoms with Crippen LogP contribution in [0.2, 0.25) is 0 Å². The van der Waals surface area contributed by atoms with Gasteiger partial charge in [0.05, 0.1) is 19.5 Å². The summed E-state index contributed by atoms with van der Waals surface area (Å²) in [6, 6.07) is 0.380. The number of nitrogens with one attached hydrogen (secondary N) is 1. The first-order valence-electron chi connectivity index (χ1n) is 4.75. The highest BCUT2D eigenvalue weighted by molar-refractivity contribution is 7.88. The molecule has 0 aliphatic carbocycles. The Bertz CT molecular complexity index is 266. The first kappa shape index (κ1) is 11.9. The molecule has 0 radical (unpaired) electrons. The molecule has 1 aliphatic heterocycles. The van der Waals surface area contributed by atoms with Gasteiger partial charge in [0.2, 0.25) is 10.0 Å². The third kappa shape index (κ3) is 4.36. The molecule has 14 heavy (non-hydrogen) atoms. The minimum absolute atomic E-state index is 0.380. The molecule has 1 aliphatic rings. The minimum Gasteiger partial charge on any atom is -0.379 e. The number of rotatable bonds is 4. The topological polar surface area (TPSA) is 58.6 Å². The Morgan fingerprint density at radius 2 is 2.29 bits per heavy atom. The molecule has 1 heterocycles. The summed E-state index contributed by atoms with van der Waals surface area (Å²) in [7, 11) is -3.05. The Morgan fingerprint density at radius 1 is 1.57 bits per heavy atom. The molecule has 0 amide bonds. The van der Waals surface area contributed by atoms with Crippen molar-refractivity contribution < 1.29 is 13.2 Å². The van der Waals surface area contributed by atoms with Gasteiger partial charge in [-0.2, -0.15) is 0 Å². The maximum Gasteiger partial charge on any atom is 0.208 e. The van der Waals surface area contributed by atoms with Crippen LogP contribution in [-0.4, -0.2) is 58.5 Å². The van der Waals surface area contributed by atoms with E-state index in [2.05, 4.69) is 16.5 Å². The smallest absolute Gasteiger partial charge is 0.208 e. The van der Waals surface area contributed by atoms with Gasteiger partial charge in [-0.3, -0.25) is 4.90 Å². The maximum absolute atomic E-state index is 10.8. The van der Waals surface area contributed by atoms with Crippen LogP contribution in [0.15, 0.2) is 0 Å². The van der Waals surface area contributed by atoms with Gasteiger partial charge in [-0.25, -0.2) is 13.1 Å². The SMILES string of the molecule is C[C@H]1COCCN1CCNS(C)(=O)=O. The Kier molecular flexibility index (Phi) is 4.31. The summed E-state index contributed by atoms with van der Waals surface area (Å²) in [6.45, 7) is 5.66. The van der Waals surface area contributed by atoms with Gasteiger partial charge in [-0.1, -0.05) is 0 Å². The fraction of sp³-hybridized carbons (Fsp3) is 1.00. The molecule has 1 N–H and O–H groups in total. The summed E-state index contributed by atoms with van der Waals surface area (Å²) in [6.07, 6.45) is 1.18. The largest absolute Gasteiger partial charge is 0.379 e. The van der Waals surface area contributed by atoms with Crippen molar-refractivity contribution in [1.82, 2.24) is 9.62 Å². The molecule has 0 unspecified atom stereocenters. The fourth-order valence-electron chi connectivity index (χ4n) is 1.47. The second-order valence-electron chi connectivity index (χ2n) is 3.63. The quantitative estimate of drug-likeness (QED) is 0.680. The molecule has 0 aromatic rings. The Labute approximate surface area is 85.5 Å². The maximum atomic E-state index is 10.8. The first-order valence-corrected chi connectivity index (χ1v) is 6.64. The van der Waals surface area contributed by atoms with E-state index < -0.39 is 10.0 Å². The van der Waals surface area contributed by atoms with Gasteiger partial charge in [-0.15, -0.1) is 0 Å². The number of nitrogens with zero attached hydrogens (tertiary/aromatic N) is 1. The van der Waals surface area contributed by atoms with Crippen LogP contribution in [-0.2, 0) is 14.8 Å². The van der Waals surface area contributed by atoms with Crippen LogP contribution in [0, 0.1) is 0 Å². The lowest BCUT2D eigenvalue weighted by atomic mass is 10.2. The monoisotopic (exact) mass is 222 g/mol. The second-order valence-corrected chi connectivity index (χ2v) is 5.46. The van der Waals surface area contributed by atoms with Gasteiger partial charge in [0.25, 0.3) is 0 Å². The Morgan fingerprint density at radius 3 is 2.86 bits per heavy atom. The summed E-state index contributed by atoms with van der Waals surface area (Å²) in [5.41, 5.74) is 0. The van der Waals surface area contributed by atoms with Crippen molar-refractivity contribution in [3.8, 4) is 0 Å². The molecule has 1 saturated heterocycles. The molecule has 84 valence electrons. The highest BCUT2D eigenvalue weighted by Gasteiger charge is 2.18. The summed E-state index contributed by atoms with van der Waals surface area (Å²) in [5.74, 6) is 0. The number of hydrogen-bond donors (Lipinski definition) is 1. The van der Waals surface area contributed by atoms with Crippen molar-refractivity contribution >= 4 is 10.0 Å². The van der Waals surface area contributed by atoms with E-state index in [-0.39, 0.29) is 0 Å². The summed E-state index contributed by atoms with van der Waals surface area (Å²) >= 11 is 0. The van der Waals surface area contributed by atoms with Crippen LogP contribution < -0.4 is 4.72 Å². The lowest BCUT2D eigenvalue weighted by Crippen LogP contribution is -2.46. The summed E-state index contributed by atoms with van der Waals surface area (Å²) in [4.78, 5) is 2.22. The molecule has 0 aromatic heterocycles. The van der Waals surface area contributed by atoms with Crippen molar-refractivity contribution in [2.45, 2.75) is 13.0 Å². The number of hydrogen-bond acceptors (Lipinski definition) is 4. The van der Waals surface area contributed by atoms with E-state index in [1.165, 1.54) is 6.26 Å². The second kappa shape index (κ2) is 5.06. The van der Waals surface area contributed by atoms with Crippen molar-refractivity contribution in [3.63, 3.8) is 0 Å². The molecule has 0 spiro atoms. The van der Waals surface area contributed by atoms with Crippen LogP contribution in [0.5, 0.6) is 0 Å². The van der Waals surface area contributed by atoms with Gasteiger partial charge in [0.1, 0.15) is 0 Å². The van der Waals surface area contributed by atoms with Crippen LogP contribution >= 0.6 is 0 Å². The number of morpholine rings is 1. The first-order chi connectivity index (χ1) is 6.49. The van der Waals surface area contributed by atoms with Gasteiger partial charge >= 0.3 is 0 Å². The average molecular weight is 222 g/mol. The van der Waals surface area contributed by atoms with Crippen molar-refractivity contribution in [1.29, 1.82) is 0 Å². The van der Waals surface area contributed by atoms with Gasteiger partial charge < -0.3 is 4.74 Å². The summed E-state index contributed by atoms with van der Waals surface area (Å²) < 4.78 is 29.4. The van der Waals surface area contributed by atoms with Crippen molar-refractivity contribution in [2.24, 2.45) is 0 Å². The average Bonchev–Trinajstić information content (AvgIpc) is 2.06. The van der Waals surface area contributed by atoms with Gasteiger partial charge in [0.15, 0.2) is 0 Å². The number of ether oxygens (including phenoxy) is 1. The van der Waals surface area contributed by atoms with Gasteiger partial charge in [-0.05, 0) is 6.92 Å². The van der Waals surface area contributed by atoms with E-state index in [0.717, 1.165) is 26.3 Å². The normalized spacial score (nSPS) is 25.1. The van der Waals surface area contributed by atoms with E-state index in [4.69, 9.17) is 4.74 Å². The number of sulfonamides is 1. The molecule has 5 nitrogen and oxygen atoms in total. The molecule has 0 aromatic carbocycles. The predicted molar refractivity (Wildman–Crippen MR) is 54.7 cm³/mol. The van der Waals surface area contributed by atoms with Crippen molar-refractivity contribution in [3.05, 3.63) is 0 Å². The minimum atomic E-state index is -3.05. The predicted octanol–water partition coefficient (Wildman–Crippen LogP) is -0.744. The third-order valence-corrected chi connectivity index (χ3v) is 3.00. The van der Waals surface area contributed by atoms with E-state index in [1.807, 2.05) is 0 Å². The molecule has 0 bridgehead atoms. The zero-order chi connectivity index (χ0) is 10.6. The van der Waals surface area contributed by atoms with Gasteiger partial charge in [0, 0.05) is 25.7 Å². The van der Waals surface area contributed by atoms with Crippen molar-refractivity contribution in [2.75, 3.05) is 39.1 Å². The third-order valence-electron chi connectivity index (χ3n) is 2.27. The van der Waals surface area contributed by atoms with E-state index in [0.29, 0.717) is 12.6 Å².